The van der Waals surface area contributed by atoms with E-state index in [2.05, 4.69) is 114 Å². The van der Waals surface area contributed by atoms with Crippen LogP contribution in [0.2, 0.25) is 0 Å². The van der Waals surface area contributed by atoms with Gasteiger partial charge in [0.2, 0.25) is 0 Å². The van der Waals surface area contributed by atoms with Gasteiger partial charge < -0.3 is 0 Å². The molecule has 0 unspecified atom stereocenters. The maximum absolute atomic E-state index is 2.20. The summed E-state index contributed by atoms with van der Waals surface area (Å²) in [7, 11) is 0. The first-order valence-corrected chi connectivity index (χ1v) is 9.06. The molecular weight excluding hydrogens is 389 g/mol. The average molecular weight is 423 g/mol. The van der Waals surface area contributed by atoms with Crippen molar-refractivity contribution in [2.75, 3.05) is 0 Å². The van der Waals surface area contributed by atoms with E-state index < -0.39 is 0 Å². The molecule has 3 aromatic carbocycles. The largest absolute Gasteiger partial charge is 3.00 e. The quantitative estimate of drug-likeness (QED) is 0.301. The third-order valence-electron chi connectivity index (χ3n) is 4.07. The van der Waals surface area contributed by atoms with Crippen molar-refractivity contribution in [2.24, 2.45) is 0 Å². The summed E-state index contributed by atoms with van der Waals surface area (Å²) in [5, 5.41) is 0. The number of rotatable bonds is 3. The normalized spacial score (nSPS) is 9.96. The van der Waals surface area contributed by atoms with E-state index in [1.54, 1.807) is 0 Å². The molecule has 0 spiro atoms. The van der Waals surface area contributed by atoms with E-state index in [0.29, 0.717) is 17.8 Å². The zero-order valence-corrected chi connectivity index (χ0v) is 18.3. The van der Waals surface area contributed by atoms with E-state index in [4.69, 9.17) is 0 Å². The van der Waals surface area contributed by atoms with E-state index >= 15 is 0 Å². The van der Waals surface area contributed by atoms with Gasteiger partial charge in [0.05, 0.1) is 0 Å². The Balaban J connectivity index is 0.000000339. The maximum Gasteiger partial charge on any atom is 3.00 e. The van der Waals surface area contributed by atoms with Gasteiger partial charge >= 0.3 is 19.5 Å². The summed E-state index contributed by atoms with van der Waals surface area (Å²) in [6, 6.07) is 25.4. The first-order valence-electron chi connectivity index (χ1n) is 9.06. The Labute approximate surface area is 168 Å². The minimum Gasteiger partial charge on any atom is -0.213 e. The molecule has 0 bridgehead atoms. The Morgan fingerprint density at radius 2 is 0.560 bits per heavy atom. The van der Waals surface area contributed by atoms with Crippen molar-refractivity contribution in [1.82, 2.24) is 0 Å². The summed E-state index contributed by atoms with van der Waals surface area (Å²) < 4.78 is 0. The number of hydrogen-bond donors (Lipinski definition) is 0. The molecular formula is C24H33Ru. The molecule has 3 aromatic rings. The summed E-state index contributed by atoms with van der Waals surface area (Å²) in [6.45, 7) is 13.2. The molecule has 0 fully saturated rings. The molecule has 0 atom stereocenters. The Morgan fingerprint density at radius 1 is 0.400 bits per heavy atom. The monoisotopic (exact) mass is 423 g/mol. The summed E-state index contributed by atoms with van der Waals surface area (Å²) >= 11 is 0. The molecule has 0 aliphatic rings. The van der Waals surface area contributed by atoms with Gasteiger partial charge in [0.25, 0.3) is 0 Å². The van der Waals surface area contributed by atoms with Crippen molar-refractivity contribution in [3.05, 3.63) is 89.5 Å². The van der Waals surface area contributed by atoms with Gasteiger partial charge in [-0.3, -0.25) is 0 Å². The first kappa shape index (κ1) is 23.7. The van der Waals surface area contributed by atoms with Crippen LogP contribution in [0.3, 0.4) is 0 Å². The van der Waals surface area contributed by atoms with Crippen molar-refractivity contribution in [2.45, 2.75) is 59.3 Å². The van der Waals surface area contributed by atoms with Crippen LogP contribution in [0.1, 0.15) is 76.0 Å². The molecule has 0 saturated carbocycles. The van der Waals surface area contributed by atoms with Gasteiger partial charge in [-0.2, -0.15) is 53.1 Å². The van der Waals surface area contributed by atoms with Gasteiger partial charge in [-0.05, 0) is 0 Å². The molecule has 0 saturated heterocycles. The van der Waals surface area contributed by atoms with Crippen LogP contribution in [-0.4, -0.2) is 0 Å². The van der Waals surface area contributed by atoms with Crippen LogP contribution < -0.4 is 0 Å². The first-order chi connectivity index (χ1) is 11.4. The minimum absolute atomic E-state index is 0. The van der Waals surface area contributed by atoms with Crippen molar-refractivity contribution in [3.63, 3.8) is 0 Å². The van der Waals surface area contributed by atoms with Crippen LogP contribution in [0.4, 0.5) is 0 Å². The van der Waals surface area contributed by atoms with Gasteiger partial charge in [0.1, 0.15) is 0 Å². The SMILES string of the molecule is CC(C)[c-]1cccc1.CC(C)[c-]1cccc1.CC(C)[c-]1cccc1.[Ru+3]. The van der Waals surface area contributed by atoms with Gasteiger partial charge in [0, 0.05) is 0 Å². The van der Waals surface area contributed by atoms with E-state index in [1.807, 2.05) is 0 Å². The molecule has 0 amide bonds. The predicted octanol–water partition coefficient (Wildman–Crippen LogP) is 7.58. The van der Waals surface area contributed by atoms with Gasteiger partial charge in [-0.15, -0.1) is 0 Å². The van der Waals surface area contributed by atoms with Crippen LogP contribution in [0.25, 0.3) is 0 Å². The Kier molecular flexibility index (Phi) is 12.3. The second-order valence-corrected chi connectivity index (χ2v) is 7.12. The van der Waals surface area contributed by atoms with Crippen molar-refractivity contribution in [1.29, 1.82) is 0 Å². The standard InChI is InChI=1S/3C8H11.Ru/c3*1-7(2)8-5-3-4-6-8;/h3*3-7H,1-2H3;/q3*-1;+3. The zero-order valence-electron chi connectivity index (χ0n) is 16.5. The Morgan fingerprint density at radius 3 is 0.640 bits per heavy atom. The summed E-state index contributed by atoms with van der Waals surface area (Å²) in [5.74, 6) is 2.06. The van der Waals surface area contributed by atoms with Crippen LogP contribution in [0, 0.1) is 0 Å². The average Bonchev–Trinajstić information content (AvgIpc) is 3.29. The predicted molar refractivity (Wildman–Crippen MR) is 108 cm³/mol. The van der Waals surface area contributed by atoms with E-state index in [-0.39, 0.29) is 19.5 Å². The molecule has 0 nitrogen and oxygen atoms in total. The summed E-state index contributed by atoms with van der Waals surface area (Å²) in [5.41, 5.74) is 4.31. The van der Waals surface area contributed by atoms with E-state index in [9.17, 15) is 0 Å². The van der Waals surface area contributed by atoms with Crippen LogP contribution in [-0.2, 0) is 19.5 Å². The topological polar surface area (TPSA) is 0 Å². The van der Waals surface area contributed by atoms with E-state index in [0.717, 1.165) is 0 Å². The molecule has 0 aliphatic carbocycles. The second kappa shape index (κ2) is 13.0. The van der Waals surface area contributed by atoms with Crippen LogP contribution >= 0.6 is 0 Å². The summed E-state index contributed by atoms with van der Waals surface area (Å²) in [4.78, 5) is 0. The van der Waals surface area contributed by atoms with Gasteiger partial charge in [-0.1, -0.05) is 59.3 Å². The molecule has 3 rings (SSSR count). The molecule has 0 N–H and O–H groups in total. The van der Waals surface area contributed by atoms with Crippen molar-refractivity contribution < 1.29 is 19.5 Å². The van der Waals surface area contributed by atoms with Gasteiger partial charge in [-0.25, -0.2) is 36.4 Å². The maximum atomic E-state index is 2.20. The van der Waals surface area contributed by atoms with E-state index in [1.165, 1.54) is 16.7 Å². The third kappa shape index (κ3) is 9.66. The molecule has 0 aliphatic heterocycles. The van der Waals surface area contributed by atoms with Crippen LogP contribution in [0.15, 0.2) is 72.8 Å². The second-order valence-electron chi connectivity index (χ2n) is 7.12. The third-order valence-corrected chi connectivity index (χ3v) is 4.07. The molecule has 1 radical (unpaired) electrons. The fourth-order valence-corrected chi connectivity index (χ4v) is 2.32. The molecule has 0 heterocycles. The molecule has 0 aromatic heterocycles. The molecule has 25 heavy (non-hydrogen) atoms. The van der Waals surface area contributed by atoms with Crippen molar-refractivity contribution >= 4 is 0 Å². The van der Waals surface area contributed by atoms with Crippen molar-refractivity contribution in [3.8, 4) is 0 Å². The zero-order chi connectivity index (χ0) is 17.9. The van der Waals surface area contributed by atoms with Crippen LogP contribution in [0.5, 0.6) is 0 Å². The molecule has 137 valence electrons. The fraction of sp³-hybridized carbons (Fsp3) is 0.375. The Hall–Kier alpha value is -1.33. The molecule has 1 heteroatoms. The Bertz CT molecular complexity index is 502. The number of hydrogen-bond acceptors (Lipinski definition) is 0. The van der Waals surface area contributed by atoms with Gasteiger partial charge in [0.15, 0.2) is 0 Å². The minimum atomic E-state index is 0. The smallest absolute Gasteiger partial charge is 0.213 e. The summed E-state index contributed by atoms with van der Waals surface area (Å²) in [6.07, 6.45) is 0. The fourth-order valence-electron chi connectivity index (χ4n) is 2.32.